The molecule has 2 N–H and O–H groups in total. The number of aryl methyl sites for hydroxylation is 1. The molecule has 2 rings (SSSR count). The first-order chi connectivity index (χ1) is 14.5. The molecular formula is C21H28N4O4S2. The van der Waals surface area contributed by atoms with Gasteiger partial charge in [0.25, 0.3) is 0 Å². The first-order valence-corrected chi connectivity index (χ1v) is 12.2. The summed E-state index contributed by atoms with van der Waals surface area (Å²) < 4.78 is 26.0. The molecule has 0 aliphatic heterocycles. The van der Waals surface area contributed by atoms with Gasteiger partial charge in [-0.05, 0) is 50.1 Å². The molecule has 2 amide bonds. The summed E-state index contributed by atoms with van der Waals surface area (Å²) in [5.41, 5.74) is 1.70. The third kappa shape index (κ3) is 6.79. The molecule has 168 valence electrons. The number of hydrogen-bond acceptors (Lipinski definition) is 6. The van der Waals surface area contributed by atoms with Gasteiger partial charge < -0.3 is 10.6 Å². The van der Waals surface area contributed by atoms with E-state index in [0.717, 1.165) is 14.9 Å². The summed E-state index contributed by atoms with van der Waals surface area (Å²) >= 11 is 1.54. The maximum Gasteiger partial charge on any atom is 0.242 e. The molecule has 0 saturated carbocycles. The van der Waals surface area contributed by atoms with E-state index in [1.807, 2.05) is 30.5 Å². The van der Waals surface area contributed by atoms with Gasteiger partial charge in [0, 0.05) is 24.7 Å². The van der Waals surface area contributed by atoms with Crippen LogP contribution in [0.5, 0.6) is 0 Å². The second kappa shape index (κ2) is 10.8. The van der Waals surface area contributed by atoms with E-state index in [0.29, 0.717) is 11.3 Å². The van der Waals surface area contributed by atoms with Gasteiger partial charge in [0.05, 0.1) is 23.7 Å². The van der Waals surface area contributed by atoms with Crippen LogP contribution in [0.4, 0.5) is 11.4 Å². The molecule has 8 nitrogen and oxygen atoms in total. The highest BCUT2D eigenvalue weighted by atomic mass is 32.2. The number of anilines is 2. The highest BCUT2D eigenvalue weighted by Gasteiger charge is 2.20. The summed E-state index contributed by atoms with van der Waals surface area (Å²) in [6.07, 6.45) is 1.93. The number of carbonyl (C=O) groups is 2. The first-order valence-electron chi connectivity index (χ1n) is 9.49. The summed E-state index contributed by atoms with van der Waals surface area (Å²) in [6, 6.07) is 12.2. The van der Waals surface area contributed by atoms with E-state index in [1.165, 1.54) is 31.9 Å². The van der Waals surface area contributed by atoms with Crippen LogP contribution in [0.15, 0.2) is 52.3 Å². The van der Waals surface area contributed by atoms with Gasteiger partial charge >= 0.3 is 0 Å². The lowest BCUT2D eigenvalue weighted by molar-refractivity contribution is -0.119. The Hall–Kier alpha value is -2.40. The maximum atomic E-state index is 12.4. The van der Waals surface area contributed by atoms with E-state index in [9.17, 15) is 18.0 Å². The monoisotopic (exact) mass is 464 g/mol. The second-order valence-corrected chi connectivity index (χ2v) is 10.2. The van der Waals surface area contributed by atoms with Crippen molar-refractivity contribution in [2.45, 2.75) is 16.7 Å². The lowest BCUT2D eigenvalue weighted by Crippen LogP contribution is -2.36. The minimum absolute atomic E-state index is 0.0266. The predicted molar refractivity (Wildman–Crippen MR) is 125 cm³/mol. The van der Waals surface area contributed by atoms with Crippen LogP contribution >= 0.6 is 11.8 Å². The molecule has 0 atom stereocenters. The fraction of sp³-hybridized carbons (Fsp3) is 0.333. The fourth-order valence-electron chi connectivity index (χ4n) is 2.84. The zero-order valence-electron chi connectivity index (χ0n) is 18.3. The molecule has 10 heteroatoms. The standard InChI is InChI=1S/C21H28N4O4S2/c1-15-10-11-16(12-19(15)31(28,29)24(2)3)22-20(26)13-25(4)14-21(27)23-17-8-6-7-9-18(17)30-5/h6-12H,13-14H2,1-5H3,(H,22,26)(H,23,27). The number of carbonyl (C=O) groups excluding carboxylic acids is 2. The van der Waals surface area contributed by atoms with Crippen molar-refractivity contribution in [1.29, 1.82) is 0 Å². The van der Waals surface area contributed by atoms with Crippen LogP contribution in [0.2, 0.25) is 0 Å². The zero-order valence-corrected chi connectivity index (χ0v) is 19.9. The topological polar surface area (TPSA) is 98.8 Å². The molecule has 0 saturated heterocycles. The van der Waals surface area contributed by atoms with Crippen molar-refractivity contribution in [3.63, 3.8) is 0 Å². The molecule has 0 aromatic heterocycles. The number of nitrogens with one attached hydrogen (secondary N) is 2. The van der Waals surface area contributed by atoms with E-state index in [2.05, 4.69) is 10.6 Å². The Balaban J connectivity index is 1.97. The van der Waals surface area contributed by atoms with Crippen LogP contribution in [-0.4, -0.2) is 69.9 Å². The van der Waals surface area contributed by atoms with Crippen molar-refractivity contribution in [1.82, 2.24) is 9.21 Å². The third-order valence-corrected chi connectivity index (χ3v) is 7.19. The van der Waals surface area contributed by atoms with Crippen LogP contribution in [-0.2, 0) is 19.6 Å². The lowest BCUT2D eigenvalue weighted by Gasteiger charge is -2.18. The van der Waals surface area contributed by atoms with Crippen LogP contribution in [0.3, 0.4) is 0 Å². The Kier molecular flexibility index (Phi) is 8.63. The molecule has 0 fully saturated rings. The minimum Gasteiger partial charge on any atom is -0.325 e. The number of sulfonamides is 1. The highest BCUT2D eigenvalue weighted by Crippen LogP contribution is 2.24. The number of para-hydroxylation sites is 1. The van der Waals surface area contributed by atoms with Gasteiger partial charge in [-0.2, -0.15) is 0 Å². The number of benzene rings is 2. The quantitative estimate of drug-likeness (QED) is 0.553. The Morgan fingerprint density at radius 1 is 0.968 bits per heavy atom. The number of nitrogens with zero attached hydrogens (tertiary/aromatic N) is 2. The van der Waals surface area contributed by atoms with E-state index in [1.54, 1.807) is 31.0 Å². The molecule has 31 heavy (non-hydrogen) atoms. The Morgan fingerprint density at radius 2 is 1.58 bits per heavy atom. The van der Waals surface area contributed by atoms with Gasteiger partial charge in [-0.3, -0.25) is 14.5 Å². The zero-order chi connectivity index (χ0) is 23.2. The summed E-state index contributed by atoms with van der Waals surface area (Å²) in [6.45, 7) is 1.70. The highest BCUT2D eigenvalue weighted by molar-refractivity contribution is 7.98. The van der Waals surface area contributed by atoms with Crippen molar-refractivity contribution >= 4 is 45.0 Å². The van der Waals surface area contributed by atoms with E-state index >= 15 is 0 Å². The van der Waals surface area contributed by atoms with E-state index in [-0.39, 0.29) is 29.8 Å². The molecule has 0 aliphatic carbocycles. The number of likely N-dealkylation sites (N-methyl/N-ethyl adjacent to an activating group) is 1. The molecular weight excluding hydrogens is 436 g/mol. The second-order valence-electron chi connectivity index (χ2n) is 7.24. The van der Waals surface area contributed by atoms with Gasteiger partial charge in [0.15, 0.2) is 0 Å². The van der Waals surface area contributed by atoms with Crippen LogP contribution in [0.25, 0.3) is 0 Å². The van der Waals surface area contributed by atoms with Gasteiger partial charge in [0.1, 0.15) is 0 Å². The summed E-state index contributed by atoms with van der Waals surface area (Å²) in [5.74, 6) is -0.580. The summed E-state index contributed by atoms with van der Waals surface area (Å²) in [4.78, 5) is 27.4. The normalized spacial score (nSPS) is 11.6. The van der Waals surface area contributed by atoms with Gasteiger partial charge in [-0.25, -0.2) is 12.7 Å². The summed E-state index contributed by atoms with van der Waals surface area (Å²) in [7, 11) is 0.952. The van der Waals surface area contributed by atoms with Crippen LogP contribution in [0, 0.1) is 6.92 Å². The molecule has 0 radical (unpaired) electrons. The number of thioether (sulfide) groups is 1. The largest absolute Gasteiger partial charge is 0.325 e. The van der Waals surface area contributed by atoms with Crippen molar-refractivity contribution in [2.24, 2.45) is 0 Å². The molecule has 2 aromatic carbocycles. The van der Waals surface area contributed by atoms with Crippen molar-refractivity contribution in [2.75, 3.05) is 51.1 Å². The number of rotatable bonds is 9. The summed E-state index contributed by atoms with van der Waals surface area (Å²) in [5, 5.41) is 5.55. The average Bonchev–Trinajstić information content (AvgIpc) is 2.69. The average molecular weight is 465 g/mol. The Labute approximate surface area is 188 Å². The maximum absolute atomic E-state index is 12.4. The van der Waals surface area contributed by atoms with E-state index in [4.69, 9.17) is 0 Å². The molecule has 0 bridgehead atoms. The molecule has 2 aromatic rings. The fourth-order valence-corrected chi connectivity index (χ4v) is 4.53. The molecule has 0 unspecified atom stereocenters. The van der Waals surface area contributed by atoms with Gasteiger partial charge in [-0.1, -0.05) is 18.2 Å². The van der Waals surface area contributed by atoms with E-state index < -0.39 is 10.0 Å². The number of hydrogen-bond donors (Lipinski definition) is 2. The predicted octanol–water partition coefficient (Wildman–Crippen LogP) is 2.48. The van der Waals surface area contributed by atoms with Crippen molar-refractivity contribution in [3.8, 4) is 0 Å². The first kappa shape index (κ1) is 24.9. The minimum atomic E-state index is -3.62. The molecule has 0 aliphatic rings. The van der Waals surface area contributed by atoms with Gasteiger partial charge in [-0.15, -0.1) is 11.8 Å². The molecule has 0 heterocycles. The van der Waals surface area contributed by atoms with Gasteiger partial charge in [0.2, 0.25) is 21.8 Å². The third-order valence-electron chi connectivity index (χ3n) is 4.44. The van der Waals surface area contributed by atoms with Crippen LogP contribution < -0.4 is 10.6 Å². The number of amides is 2. The van der Waals surface area contributed by atoms with Crippen molar-refractivity contribution < 1.29 is 18.0 Å². The Bertz CT molecular complexity index is 1060. The van der Waals surface area contributed by atoms with Crippen LogP contribution in [0.1, 0.15) is 5.56 Å². The molecule has 0 spiro atoms. The van der Waals surface area contributed by atoms with Crippen molar-refractivity contribution in [3.05, 3.63) is 48.0 Å². The SMILES string of the molecule is CSc1ccccc1NC(=O)CN(C)CC(=O)Nc1ccc(C)c(S(=O)(=O)N(C)C)c1. The Morgan fingerprint density at radius 3 is 2.19 bits per heavy atom. The lowest BCUT2D eigenvalue weighted by atomic mass is 10.2. The smallest absolute Gasteiger partial charge is 0.242 e.